The van der Waals surface area contributed by atoms with E-state index in [1.165, 1.54) is 6.26 Å². The highest BCUT2D eigenvalue weighted by molar-refractivity contribution is 9.10. The van der Waals surface area contributed by atoms with Crippen LogP contribution in [0.15, 0.2) is 33.6 Å². The molecule has 2 aromatic heterocycles. The highest BCUT2D eigenvalue weighted by Gasteiger charge is 2.29. The van der Waals surface area contributed by atoms with Gasteiger partial charge in [0.2, 0.25) is 0 Å². The van der Waals surface area contributed by atoms with Crippen molar-refractivity contribution >= 4 is 21.8 Å². The van der Waals surface area contributed by atoms with Crippen molar-refractivity contribution < 1.29 is 9.32 Å². The minimum Gasteiger partial charge on any atom is -0.365 e. The number of carbonyl (C=O) groups excluding carboxylic acids is 1. The summed E-state index contributed by atoms with van der Waals surface area (Å²) in [5, 5.41) is 6.72. The average molecular weight is 336 g/mol. The van der Waals surface area contributed by atoms with Gasteiger partial charge in [-0.15, -0.1) is 0 Å². The first-order chi connectivity index (χ1) is 9.74. The fourth-order valence-corrected chi connectivity index (χ4v) is 2.41. The van der Waals surface area contributed by atoms with Gasteiger partial charge >= 0.3 is 0 Å². The van der Waals surface area contributed by atoms with Gasteiger partial charge in [-0.05, 0) is 34.8 Å². The van der Waals surface area contributed by atoms with Gasteiger partial charge in [0.25, 0.3) is 5.91 Å². The summed E-state index contributed by atoms with van der Waals surface area (Å²) in [6.07, 6.45) is 6.17. The van der Waals surface area contributed by atoms with E-state index in [1.807, 2.05) is 6.07 Å². The fraction of sp³-hybridized carbons (Fsp3) is 0.357. The van der Waals surface area contributed by atoms with E-state index in [9.17, 15) is 4.79 Å². The fourth-order valence-electron chi connectivity index (χ4n) is 2.08. The van der Waals surface area contributed by atoms with E-state index in [0.717, 1.165) is 28.7 Å². The predicted octanol–water partition coefficient (Wildman–Crippen LogP) is 2.68. The summed E-state index contributed by atoms with van der Waals surface area (Å²) < 4.78 is 5.58. The molecule has 5 nitrogen and oxygen atoms in total. The minimum atomic E-state index is -0.0794. The molecular formula is C14H14BrN3O2. The molecule has 20 heavy (non-hydrogen) atoms. The number of nitrogens with one attached hydrogen (secondary N) is 1. The van der Waals surface area contributed by atoms with Crippen LogP contribution in [0.1, 0.15) is 40.5 Å². The highest BCUT2D eigenvalue weighted by Crippen LogP contribution is 2.40. The van der Waals surface area contributed by atoms with Crippen LogP contribution in [0.2, 0.25) is 0 Å². The Morgan fingerprint density at radius 3 is 3.05 bits per heavy atom. The standard InChI is InChI=1S/C14H14BrN3O2/c15-10-7-12(13(17-8-10)9-1-2-9)14(19)16-5-3-11-4-6-20-18-11/h4,6-9H,1-3,5H2,(H,16,19). The Bertz CT molecular complexity index is 609. The normalized spacial score (nSPS) is 14.2. The number of hydrogen-bond donors (Lipinski definition) is 1. The van der Waals surface area contributed by atoms with Crippen LogP contribution in [0.4, 0.5) is 0 Å². The van der Waals surface area contributed by atoms with Crippen LogP contribution >= 0.6 is 15.9 Å². The molecule has 1 aliphatic rings. The Kier molecular flexibility index (Phi) is 3.82. The maximum Gasteiger partial charge on any atom is 0.253 e. The zero-order chi connectivity index (χ0) is 13.9. The van der Waals surface area contributed by atoms with Gasteiger partial charge in [-0.1, -0.05) is 5.16 Å². The molecule has 6 heteroatoms. The third-order valence-corrected chi connectivity index (χ3v) is 3.69. The molecule has 0 unspecified atom stereocenters. The Balaban J connectivity index is 1.65. The molecule has 2 aromatic rings. The largest absolute Gasteiger partial charge is 0.365 e. The number of nitrogens with zero attached hydrogens (tertiary/aromatic N) is 2. The van der Waals surface area contributed by atoms with Gasteiger partial charge in [0.1, 0.15) is 6.26 Å². The molecule has 104 valence electrons. The summed E-state index contributed by atoms with van der Waals surface area (Å²) in [5.74, 6) is 0.364. The van der Waals surface area contributed by atoms with E-state index in [4.69, 9.17) is 4.52 Å². The third-order valence-electron chi connectivity index (χ3n) is 3.25. The molecule has 0 bridgehead atoms. The molecular weight excluding hydrogens is 322 g/mol. The van der Waals surface area contributed by atoms with Crippen molar-refractivity contribution in [1.29, 1.82) is 0 Å². The van der Waals surface area contributed by atoms with Gasteiger partial charge in [0.05, 0.1) is 17.0 Å². The molecule has 2 heterocycles. The Morgan fingerprint density at radius 2 is 2.35 bits per heavy atom. The number of hydrogen-bond acceptors (Lipinski definition) is 4. The van der Waals surface area contributed by atoms with Gasteiger partial charge in [-0.25, -0.2) is 0 Å². The van der Waals surface area contributed by atoms with Crippen molar-refractivity contribution in [2.45, 2.75) is 25.2 Å². The van der Waals surface area contributed by atoms with E-state index in [1.54, 1.807) is 12.3 Å². The second-order valence-corrected chi connectivity index (χ2v) is 5.77. The molecule has 0 radical (unpaired) electrons. The van der Waals surface area contributed by atoms with Gasteiger partial charge in [-0.2, -0.15) is 0 Å². The Labute approximate surface area is 124 Å². The predicted molar refractivity (Wildman–Crippen MR) is 76.5 cm³/mol. The maximum absolute atomic E-state index is 12.3. The molecule has 0 aliphatic heterocycles. The van der Waals surface area contributed by atoms with Crippen LogP contribution in [0.5, 0.6) is 0 Å². The van der Waals surface area contributed by atoms with Gasteiger partial charge < -0.3 is 9.84 Å². The van der Waals surface area contributed by atoms with E-state index in [-0.39, 0.29) is 5.91 Å². The van der Waals surface area contributed by atoms with Crippen LogP contribution in [0, 0.1) is 0 Å². The quantitative estimate of drug-likeness (QED) is 0.912. The van der Waals surface area contributed by atoms with E-state index in [2.05, 4.69) is 31.4 Å². The zero-order valence-electron chi connectivity index (χ0n) is 10.8. The lowest BCUT2D eigenvalue weighted by molar-refractivity contribution is 0.0952. The average Bonchev–Trinajstić information content (AvgIpc) is 3.15. The van der Waals surface area contributed by atoms with Crippen LogP contribution in [-0.4, -0.2) is 22.6 Å². The molecule has 0 saturated heterocycles. The van der Waals surface area contributed by atoms with Crippen LogP contribution in [-0.2, 0) is 6.42 Å². The molecule has 0 spiro atoms. The van der Waals surface area contributed by atoms with Gasteiger partial charge in [-0.3, -0.25) is 9.78 Å². The second-order valence-electron chi connectivity index (χ2n) is 4.86. The first-order valence-corrected chi connectivity index (χ1v) is 7.36. The van der Waals surface area contributed by atoms with E-state index < -0.39 is 0 Å². The molecule has 3 rings (SSSR count). The topological polar surface area (TPSA) is 68.0 Å². The minimum absolute atomic E-state index is 0.0794. The zero-order valence-corrected chi connectivity index (χ0v) is 12.4. The monoisotopic (exact) mass is 335 g/mol. The lowest BCUT2D eigenvalue weighted by Gasteiger charge is -2.09. The van der Waals surface area contributed by atoms with Crippen LogP contribution in [0.25, 0.3) is 0 Å². The van der Waals surface area contributed by atoms with Crippen molar-refractivity contribution in [3.63, 3.8) is 0 Å². The molecule has 1 amide bonds. The molecule has 0 atom stereocenters. The Morgan fingerprint density at radius 1 is 1.50 bits per heavy atom. The number of pyridine rings is 1. The van der Waals surface area contributed by atoms with Crippen LogP contribution in [0.3, 0.4) is 0 Å². The van der Waals surface area contributed by atoms with E-state index in [0.29, 0.717) is 24.4 Å². The summed E-state index contributed by atoms with van der Waals surface area (Å²) in [6, 6.07) is 3.63. The van der Waals surface area contributed by atoms with Crippen molar-refractivity contribution in [3.8, 4) is 0 Å². The first kappa shape index (κ1) is 13.3. The summed E-state index contributed by atoms with van der Waals surface area (Å²) in [4.78, 5) is 16.6. The SMILES string of the molecule is O=C(NCCc1ccon1)c1cc(Br)cnc1C1CC1. The molecule has 1 N–H and O–H groups in total. The van der Waals surface area contributed by atoms with Crippen molar-refractivity contribution in [1.82, 2.24) is 15.5 Å². The van der Waals surface area contributed by atoms with Gasteiger partial charge in [0.15, 0.2) is 0 Å². The Hall–Kier alpha value is -1.69. The van der Waals surface area contributed by atoms with Crippen molar-refractivity contribution in [2.75, 3.05) is 6.54 Å². The lowest BCUT2D eigenvalue weighted by atomic mass is 10.1. The summed E-state index contributed by atoms with van der Waals surface area (Å²) in [6.45, 7) is 0.530. The summed E-state index contributed by atoms with van der Waals surface area (Å²) in [5.41, 5.74) is 2.41. The summed E-state index contributed by atoms with van der Waals surface area (Å²) >= 11 is 3.37. The molecule has 1 saturated carbocycles. The van der Waals surface area contributed by atoms with E-state index >= 15 is 0 Å². The number of carbonyl (C=O) groups is 1. The van der Waals surface area contributed by atoms with Crippen molar-refractivity contribution in [3.05, 3.63) is 46.0 Å². The maximum atomic E-state index is 12.3. The number of amides is 1. The third kappa shape index (κ3) is 3.07. The van der Waals surface area contributed by atoms with Crippen LogP contribution < -0.4 is 5.32 Å². The smallest absolute Gasteiger partial charge is 0.253 e. The van der Waals surface area contributed by atoms with Gasteiger partial charge in [0, 0.05) is 35.6 Å². The highest BCUT2D eigenvalue weighted by atomic mass is 79.9. The summed E-state index contributed by atoms with van der Waals surface area (Å²) in [7, 11) is 0. The molecule has 1 aliphatic carbocycles. The molecule has 1 fully saturated rings. The number of aromatic nitrogens is 2. The number of rotatable bonds is 5. The first-order valence-electron chi connectivity index (χ1n) is 6.57. The molecule has 0 aromatic carbocycles. The number of halogens is 1. The van der Waals surface area contributed by atoms with Crippen molar-refractivity contribution in [2.24, 2.45) is 0 Å². The second kappa shape index (κ2) is 5.75. The lowest BCUT2D eigenvalue weighted by Crippen LogP contribution is -2.27.